The summed E-state index contributed by atoms with van der Waals surface area (Å²) < 4.78 is 52.0. The van der Waals surface area contributed by atoms with Crippen LogP contribution in [-0.2, 0) is 28.7 Å². The number of rotatable bonds is 8. The second-order valence-electron chi connectivity index (χ2n) is 8.30. The second kappa shape index (κ2) is 12.0. The maximum absolute atomic E-state index is 13.7. The van der Waals surface area contributed by atoms with E-state index in [2.05, 4.69) is 0 Å². The van der Waals surface area contributed by atoms with Crippen molar-refractivity contribution in [2.75, 3.05) is 18.6 Å². The van der Waals surface area contributed by atoms with Gasteiger partial charge < -0.3 is 14.6 Å². The summed E-state index contributed by atoms with van der Waals surface area (Å²) >= 11 is 12.0. The molecule has 3 aromatic rings. The number of hydrogen-bond acceptors (Lipinski definition) is 4. The van der Waals surface area contributed by atoms with E-state index in [1.807, 2.05) is 0 Å². The lowest BCUT2D eigenvalue weighted by atomic mass is 9.91. The zero-order chi connectivity index (χ0) is 28.2. The fourth-order valence-electron chi connectivity index (χ4n) is 4.05. The van der Waals surface area contributed by atoms with Gasteiger partial charge in [-0.1, -0.05) is 35.3 Å². The predicted octanol–water partition coefficient (Wildman–Crippen LogP) is 7.79. The number of ether oxygens (including phenoxy) is 2. The Morgan fingerprint density at radius 2 is 1.68 bits per heavy atom. The molecule has 3 aromatic carbocycles. The molecule has 0 aliphatic carbocycles. The molecule has 0 atom stereocenters. The van der Waals surface area contributed by atoms with E-state index in [0.29, 0.717) is 38.0 Å². The molecular weight excluding hydrogens is 546 g/mol. The first kappa shape index (κ1) is 29.1. The smallest absolute Gasteiger partial charge is 0.416 e. The van der Waals surface area contributed by atoms with Gasteiger partial charge in [0.15, 0.2) is 0 Å². The largest absolute Gasteiger partial charge is 0.496 e. The Balaban J connectivity index is 2.14. The number of alkyl halides is 3. The van der Waals surface area contributed by atoms with Gasteiger partial charge in [-0.25, -0.2) is 4.79 Å². The van der Waals surface area contributed by atoms with Crippen LogP contribution >= 0.6 is 23.2 Å². The Labute approximate surface area is 227 Å². The number of hydrogen-bond donors (Lipinski definition) is 1. The van der Waals surface area contributed by atoms with Crippen LogP contribution in [0, 0.1) is 6.92 Å². The molecule has 0 aromatic heterocycles. The number of carboxylic acid groups (broad SMARTS) is 1. The van der Waals surface area contributed by atoms with E-state index in [-0.39, 0.29) is 30.8 Å². The summed E-state index contributed by atoms with van der Waals surface area (Å²) in [7, 11) is 1.39. The molecule has 202 valence electrons. The van der Waals surface area contributed by atoms with Crippen LogP contribution in [-0.4, -0.2) is 30.8 Å². The first-order chi connectivity index (χ1) is 17.8. The Kier molecular flexibility index (Phi) is 9.17. The molecule has 0 spiro atoms. The maximum atomic E-state index is 13.7. The first-order valence-corrected chi connectivity index (χ1v) is 12.1. The second-order valence-corrected chi connectivity index (χ2v) is 9.18. The molecule has 0 fully saturated rings. The van der Waals surface area contributed by atoms with Crippen molar-refractivity contribution in [2.24, 2.45) is 0 Å². The van der Waals surface area contributed by atoms with Crippen molar-refractivity contribution in [3.05, 3.63) is 80.8 Å². The molecular formula is C27H24Cl2F3NO5. The van der Waals surface area contributed by atoms with Gasteiger partial charge in [0.1, 0.15) is 12.4 Å². The Morgan fingerprint density at radius 1 is 1.03 bits per heavy atom. The molecule has 11 heteroatoms. The molecule has 6 nitrogen and oxygen atoms in total. The zero-order valence-electron chi connectivity index (χ0n) is 20.7. The van der Waals surface area contributed by atoms with Gasteiger partial charge in [0, 0.05) is 27.7 Å². The molecule has 1 N–H and O–H groups in total. The van der Waals surface area contributed by atoms with E-state index in [9.17, 15) is 27.9 Å². The minimum absolute atomic E-state index is 0.0281. The number of carboxylic acids is 1. The van der Waals surface area contributed by atoms with Gasteiger partial charge in [0.25, 0.3) is 0 Å². The number of amides is 1. The van der Waals surface area contributed by atoms with E-state index < -0.39 is 23.8 Å². The minimum Gasteiger partial charge on any atom is -0.496 e. The van der Waals surface area contributed by atoms with Gasteiger partial charge in [-0.3, -0.25) is 9.69 Å². The van der Waals surface area contributed by atoms with E-state index in [1.165, 1.54) is 19.2 Å². The predicted molar refractivity (Wildman–Crippen MR) is 139 cm³/mol. The van der Waals surface area contributed by atoms with Gasteiger partial charge in [-0.15, -0.1) is 0 Å². The summed E-state index contributed by atoms with van der Waals surface area (Å²) in [5.41, 5.74) is 0.989. The van der Waals surface area contributed by atoms with Crippen molar-refractivity contribution >= 4 is 41.0 Å². The van der Waals surface area contributed by atoms with Crippen molar-refractivity contribution < 1.29 is 37.3 Å². The molecule has 0 radical (unpaired) electrons. The molecule has 0 aliphatic heterocycles. The summed E-state index contributed by atoms with van der Waals surface area (Å²) in [4.78, 5) is 25.6. The molecule has 0 saturated carbocycles. The lowest BCUT2D eigenvalue weighted by molar-refractivity contribution is -0.138. The summed E-state index contributed by atoms with van der Waals surface area (Å²) in [6.07, 6.45) is -5.89. The van der Waals surface area contributed by atoms with Crippen molar-refractivity contribution in [2.45, 2.75) is 33.1 Å². The average molecular weight is 570 g/mol. The summed E-state index contributed by atoms with van der Waals surface area (Å²) in [6.45, 7) is 2.99. The van der Waals surface area contributed by atoms with Crippen LogP contribution in [0.5, 0.6) is 5.75 Å². The highest BCUT2D eigenvalue weighted by Crippen LogP contribution is 2.43. The van der Waals surface area contributed by atoms with E-state index in [1.54, 1.807) is 38.1 Å². The van der Waals surface area contributed by atoms with Crippen molar-refractivity contribution in [3.63, 3.8) is 0 Å². The Morgan fingerprint density at radius 3 is 2.24 bits per heavy atom. The van der Waals surface area contributed by atoms with Crippen LogP contribution < -0.4 is 9.64 Å². The van der Waals surface area contributed by atoms with Crippen LogP contribution in [0.15, 0.2) is 48.5 Å². The SMILES string of the molecule is CCN(C(=O)OCc1cc(Cl)cc(Cl)c1)c1cc(C(F)(F)F)ccc1-c1c(OC)ccc(CC(=O)O)c1C. The Bertz CT molecular complexity index is 1340. The number of benzene rings is 3. The lowest BCUT2D eigenvalue weighted by Crippen LogP contribution is -2.32. The van der Waals surface area contributed by atoms with Crippen LogP contribution in [0.2, 0.25) is 10.0 Å². The molecule has 1 amide bonds. The van der Waals surface area contributed by atoms with Gasteiger partial charge in [-0.05, 0) is 66.9 Å². The van der Waals surface area contributed by atoms with Gasteiger partial charge in [0.05, 0.1) is 24.8 Å². The third-order valence-electron chi connectivity index (χ3n) is 5.81. The number of aliphatic carboxylic acids is 1. The van der Waals surface area contributed by atoms with Crippen LogP contribution in [0.3, 0.4) is 0 Å². The molecule has 38 heavy (non-hydrogen) atoms. The topological polar surface area (TPSA) is 76.1 Å². The highest BCUT2D eigenvalue weighted by Gasteiger charge is 2.33. The maximum Gasteiger partial charge on any atom is 0.416 e. The first-order valence-electron chi connectivity index (χ1n) is 11.3. The minimum atomic E-state index is -4.68. The Hall–Kier alpha value is -3.43. The monoisotopic (exact) mass is 569 g/mol. The van der Waals surface area contributed by atoms with Crippen molar-refractivity contribution in [3.8, 4) is 16.9 Å². The normalized spacial score (nSPS) is 11.3. The lowest BCUT2D eigenvalue weighted by Gasteiger charge is -2.26. The van der Waals surface area contributed by atoms with Gasteiger partial charge in [0.2, 0.25) is 0 Å². The van der Waals surface area contributed by atoms with Gasteiger partial charge >= 0.3 is 18.2 Å². The van der Waals surface area contributed by atoms with E-state index in [4.69, 9.17) is 32.7 Å². The summed E-state index contributed by atoms with van der Waals surface area (Å²) in [5.74, 6) is -0.771. The number of anilines is 1. The van der Waals surface area contributed by atoms with Crippen LogP contribution in [0.1, 0.15) is 29.2 Å². The molecule has 0 heterocycles. The van der Waals surface area contributed by atoms with E-state index >= 15 is 0 Å². The van der Waals surface area contributed by atoms with Crippen molar-refractivity contribution in [1.29, 1.82) is 0 Å². The quantitative estimate of drug-likeness (QED) is 0.299. The molecule has 0 saturated heterocycles. The molecule has 3 rings (SSSR count). The summed E-state index contributed by atoms with van der Waals surface area (Å²) in [5, 5.41) is 9.97. The third-order valence-corrected chi connectivity index (χ3v) is 6.24. The third kappa shape index (κ3) is 6.71. The highest BCUT2D eigenvalue weighted by atomic mass is 35.5. The van der Waals surface area contributed by atoms with Gasteiger partial charge in [-0.2, -0.15) is 13.2 Å². The highest BCUT2D eigenvalue weighted by molar-refractivity contribution is 6.34. The number of carbonyl (C=O) groups excluding carboxylic acids is 1. The number of halogens is 5. The standard InChI is InChI=1S/C27H24Cl2F3NO5/c1-4-33(26(36)38-14-16-9-19(28)13-20(29)10-16)22-12-18(27(30,31)32)6-7-21(22)25-15(2)17(11-24(34)35)5-8-23(25)37-3/h5-10,12-13H,4,11,14H2,1-3H3,(H,34,35). The van der Waals surface area contributed by atoms with Crippen LogP contribution in [0.25, 0.3) is 11.1 Å². The van der Waals surface area contributed by atoms with Crippen molar-refractivity contribution in [1.82, 2.24) is 0 Å². The fourth-order valence-corrected chi connectivity index (χ4v) is 4.62. The number of methoxy groups -OCH3 is 1. The fraction of sp³-hybridized carbons (Fsp3) is 0.259. The zero-order valence-corrected chi connectivity index (χ0v) is 22.2. The number of nitrogens with zero attached hydrogens (tertiary/aromatic N) is 1. The summed E-state index contributed by atoms with van der Waals surface area (Å²) in [6, 6.07) is 10.7. The number of carbonyl (C=O) groups is 2. The molecule has 0 aliphatic rings. The molecule has 0 bridgehead atoms. The van der Waals surface area contributed by atoms with E-state index in [0.717, 1.165) is 17.0 Å². The van der Waals surface area contributed by atoms with Crippen LogP contribution in [0.4, 0.5) is 23.7 Å². The molecule has 0 unspecified atom stereocenters. The average Bonchev–Trinajstić information content (AvgIpc) is 2.83.